The number of benzene rings is 1. The van der Waals surface area contributed by atoms with Crippen LogP contribution in [0.3, 0.4) is 0 Å². The van der Waals surface area contributed by atoms with E-state index in [0.717, 1.165) is 4.88 Å². The van der Waals surface area contributed by atoms with Crippen molar-refractivity contribution in [2.75, 3.05) is 6.61 Å². The molecule has 12 heteroatoms. The maximum atomic E-state index is 13.6. The molecule has 5 rings (SSSR count). The molecule has 1 aliphatic heterocycles. The molecule has 0 saturated heterocycles. The van der Waals surface area contributed by atoms with Crippen molar-refractivity contribution in [2.45, 2.75) is 19.9 Å². The summed E-state index contributed by atoms with van der Waals surface area (Å²) >= 11 is 8.86. The number of rotatable bonds is 6. The van der Waals surface area contributed by atoms with Crippen molar-refractivity contribution in [1.29, 1.82) is 0 Å². The molecule has 0 fully saturated rings. The fourth-order valence-electron chi connectivity index (χ4n) is 4.03. The number of halogens is 1. The molecule has 1 atom stereocenters. The van der Waals surface area contributed by atoms with Gasteiger partial charge in [-0.2, -0.15) is 0 Å². The van der Waals surface area contributed by atoms with Crippen molar-refractivity contribution >= 4 is 52.0 Å². The number of thiazole rings is 1. The van der Waals surface area contributed by atoms with E-state index in [0.29, 0.717) is 37.7 Å². The van der Waals surface area contributed by atoms with Crippen LogP contribution < -0.4 is 14.9 Å². The molecule has 188 valence electrons. The van der Waals surface area contributed by atoms with Crippen LogP contribution in [0.4, 0.5) is 5.69 Å². The Kier molecular flexibility index (Phi) is 6.67. The summed E-state index contributed by atoms with van der Waals surface area (Å²) in [4.78, 5) is 42.7. The molecule has 0 N–H and O–H groups in total. The van der Waals surface area contributed by atoms with E-state index in [-0.39, 0.29) is 22.9 Å². The maximum absolute atomic E-state index is 13.6. The van der Waals surface area contributed by atoms with Crippen molar-refractivity contribution in [2.24, 2.45) is 4.99 Å². The Morgan fingerprint density at radius 2 is 2.14 bits per heavy atom. The quantitative estimate of drug-likeness (QED) is 0.194. The molecule has 1 aromatic carbocycles. The molecule has 9 nitrogen and oxygen atoms in total. The number of non-ortho nitro benzene ring substituents is 1. The van der Waals surface area contributed by atoms with Crippen LogP contribution in [-0.4, -0.2) is 22.1 Å². The Labute approximate surface area is 222 Å². The first-order valence-electron chi connectivity index (χ1n) is 11.1. The standard InChI is InChI=1S/C25H18ClN3O6S2/c1-3-34-24(31)21-13(2)27-25-28(22(21)19-5-4-10-36-19)23(30)20(37-25)12-15-7-9-18(35-15)16-8-6-14(29(32)33)11-17(16)26/h4-12,22H,3H2,1-2H3/b20-12+/t22-/m1/s1. The molecule has 0 aliphatic carbocycles. The lowest BCUT2D eigenvalue weighted by Crippen LogP contribution is -2.39. The molecule has 4 aromatic rings. The van der Waals surface area contributed by atoms with Crippen LogP contribution in [0, 0.1) is 10.1 Å². The highest BCUT2D eigenvalue weighted by atomic mass is 35.5. The fraction of sp³-hybridized carbons (Fsp3) is 0.160. The van der Waals surface area contributed by atoms with E-state index in [9.17, 15) is 19.7 Å². The highest BCUT2D eigenvalue weighted by Crippen LogP contribution is 2.34. The number of carbonyl (C=O) groups is 1. The van der Waals surface area contributed by atoms with Gasteiger partial charge in [0.05, 0.1) is 32.4 Å². The predicted octanol–water partition coefficient (Wildman–Crippen LogP) is 4.68. The van der Waals surface area contributed by atoms with Crippen molar-refractivity contribution < 1.29 is 18.9 Å². The van der Waals surface area contributed by atoms with Gasteiger partial charge in [-0.1, -0.05) is 29.0 Å². The number of hydrogen-bond donors (Lipinski definition) is 0. The van der Waals surface area contributed by atoms with Gasteiger partial charge in [0.25, 0.3) is 11.2 Å². The third-order valence-electron chi connectivity index (χ3n) is 5.66. The maximum Gasteiger partial charge on any atom is 0.338 e. The molecule has 4 heterocycles. The van der Waals surface area contributed by atoms with E-state index in [1.165, 1.54) is 45.4 Å². The number of ether oxygens (including phenoxy) is 1. The molecular weight excluding hydrogens is 538 g/mol. The number of esters is 1. The fourth-order valence-corrected chi connectivity index (χ4v) is 6.15. The van der Waals surface area contributed by atoms with E-state index in [2.05, 4.69) is 4.99 Å². The number of hydrogen-bond acceptors (Lipinski definition) is 9. The van der Waals surface area contributed by atoms with Crippen molar-refractivity contribution in [3.63, 3.8) is 0 Å². The minimum Gasteiger partial charge on any atom is -0.463 e. The summed E-state index contributed by atoms with van der Waals surface area (Å²) in [6.45, 7) is 3.66. The van der Waals surface area contributed by atoms with Crippen LogP contribution in [0.5, 0.6) is 0 Å². The summed E-state index contributed by atoms with van der Waals surface area (Å²) in [5.41, 5.74) is 0.872. The summed E-state index contributed by atoms with van der Waals surface area (Å²) in [7, 11) is 0. The van der Waals surface area contributed by atoms with Crippen LogP contribution in [0.25, 0.3) is 17.4 Å². The summed E-state index contributed by atoms with van der Waals surface area (Å²) in [6.07, 6.45) is 1.60. The Bertz CT molecular complexity index is 1750. The number of fused-ring (bicyclic) bond motifs is 1. The Morgan fingerprint density at radius 3 is 2.81 bits per heavy atom. The first kappa shape index (κ1) is 24.9. The molecule has 0 bridgehead atoms. The lowest BCUT2D eigenvalue weighted by atomic mass is 10.0. The highest BCUT2D eigenvalue weighted by Gasteiger charge is 2.33. The average molecular weight is 556 g/mol. The third kappa shape index (κ3) is 4.57. The van der Waals surface area contributed by atoms with Crippen LogP contribution in [0.2, 0.25) is 5.02 Å². The number of allylic oxidation sites excluding steroid dienone is 1. The van der Waals surface area contributed by atoms with E-state index in [4.69, 9.17) is 20.8 Å². The van der Waals surface area contributed by atoms with E-state index < -0.39 is 16.9 Å². The largest absolute Gasteiger partial charge is 0.463 e. The van der Waals surface area contributed by atoms with Gasteiger partial charge in [0.1, 0.15) is 17.6 Å². The number of furan rings is 1. The van der Waals surface area contributed by atoms with Gasteiger partial charge in [-0.25, -0.2) is 9.79 Å². The first-order valence-corrected chi connectivity index (χ1v) is 13.1. The molecular formula is C25H18ClN3O6S2. The van der Waals surface area contributed by atoms with Gasteiger partial charge in [0.15, 0.2) is 4.80 Å². The van der Waals surface area contributed by atoms with Gasteiger partial charge in [-0.3, -0.25) is 19.5 Å². The minimum atomic E-state index is -0.650. The second-order valence-electron chi connectivity index (χ2n) is 7.94. The third-order valence-corrected chi connectivity index (χ3v) is 7.88. The second kappa shape index (κ2) is 9.92. The van der Waals surface area contributed by atoms with Crippen molar-refractivity contribution in [3.8, 4) is 11.3 Å². The number of nitro benzene ring substituents is 1. The van der Waals surface area contributed by atoms with Crippen molar-refractivity contribution in [1.82, 2.24) is 4.57 Å². The van der Waals surface area contributed by atoms with Gasteiger partial charge in [-0.15, -0.1) is 11.3 Å². The van der Waals surface area contributed by atoms with Gasteiger partial charge in [0.2, 0.25) is 0 Å². The zero-order chi connectivity index (χ0) is 26.3. The molecule has 3 aromatic heterocycles. The summed E-state index contributed by atoms with van der Waals surface area (Å²) in [5.74, 6) is 0.284. The lowest BCUT2D eigenvalue weighted by molar-refractivity contribution is -0.384. The van der Waals surface area contributed by atoms with E-state index >= 15 is 0 Å². The molecule has 37 heavy (non-hydrogen) atoms. The average Bonchev–Trinajstić information content (AvgIpc) is 3.60. The number of nitrogens with zero attached hydrogens (tertiary/aromatic N) is 3. The summed E-state index contributed by atoms with van der Waals surface area (Å²) in [5, 5.41) is 13.0. The van der Waals surface area contributed by atoms with Crippen LogP contribution in [0.15, 0.2) is 73.3 Å². The van der Waals surface area contributed by atoms with E-state index in [1.807, 2.05) is 17.5 Å². The number of thiophene rings is 1. The molecule has 0 amide bonds. The molecule has 0 spiro atoms. The topological polar surface area (TPSA) is 117 Å². The SMILES string of the molecule is CCOC(=O)C1=C(C)N=c2s/c(=C/c3ccc(-c4ccc([N+](=O)[O-])cc4Cl)o3)c(=O)n2[C@@H]1c1cccs1. The number of aromatic nitrogens is 1. The molecule has 0 saturated carbocycles. The normalized spacial score (nSPS) is 15.4. The molecule has 0 radical (unpaired) electrons. The smallest absolute Gasteiger partial charge is 0.338 e. The van der Waals surface area contributed by atoms with Gasteiger partial charge >= 0.3 is 5.97 Å². The van der Waals surface area contributed by atoms with Crippen LogP contribution >= 0.6 is 34.3 Å². The first-order chi connectivity index (χ1) is 17.8. The van der Waals surface area contributed by atoms with Gasteiger partial charge in [-0.05, 0) is 43.5 Å². The minimum absolute atomic E-state index is 0.126. The monoisotopic (exact) mass is 555 g/mol. The lowest BCUT2D eigenvalue weighted by Gasteiger charge is -2.23. The Hall–Kier alpha value is -3.80. The second-order valence-corrected chi connectivity index (χ2v) is 10.3. The number of nitro groups is 1. The van der Waals surface area contributed by atoms with Crippen LogP contribution in [-0.2, 0) is 9.53 Å². The molecule has 1 aliphatic rings. The van der Waals surface area contributed by atoms with Gasteiger partial charge in [0, 0.05) is 28.6 Å². The van der Waals surface area contributed by atoms with Crippen molar-refractivity contribution in [3.05, 3.63) is 105 Å². The predicted molar refractivity (Wildman–Crippen MR) is 141 cm³/mol. The molecule has 0 unspecified atom stereocenters. The Morgan fingerprint density at radius 1 is 1.32 bits per heavy atom. The van der Waals surface area contributed by atoms with Crippen LogP contribution in [0.1, 0.15) is 30.5 Å². The summed E-state index contributed by atoms with van der Waals surface area (Å²) < 4.78 is 13.0. The zero-order valence-corrected chi connectivity index (χ0v) is 21.9. The zero-order valence-electron chi connectivity index (χ0n) is 19.5. The van der Waals surface area contributed by atoms with Gasteiger partial charge < -0.3 is 9.15 Å². The Balaban J connectivity index is 1.59. The van der Waals surface area contributed by atoms with E-state index in [1.54, 1.807) is 32.1 Å². The highest BCUT2D eigenvalue weighted by molar-refractivity contribution is 7.10. The number of carbonyl (C=O) groups excluding carboxylic acids is 1. The summed E-state index contributed by atoms with van der Waals surface area (Å²) in [6, 6.07) is 10.5.